The van der Waals surface area contributed by atoms with E-state index >= 15 is 0 Å². The molecule has 1 rings (SSSR count). The lowest BCUT2D eigenvalue weighted by molar-refractivity contribution is -0.141. The Balaban J connectivity index is 2.90. The van der Waals surface area contributed by atoms with E-state index in [2.05, 4.69) is 0 Å². The van der Waals surface area contributed by atoms with Gasteiger partial charge in [0.2, 0.25) is 10.0 Å². The molecule has 1 atom stereocenters. The summed E-state index contributed by atoms with van der Waals surface area (Å²) in [6, 6.07) is 7.68. The molecule has 0 aliphatic carbocycles. The van der Waals surface area contributed by atoms with Crippen molar-refractivity contribution in [3.63, 3.8) is 0 Å². The molecule has 0 bridgehead atoms. The van der Waals surface area contributed by atoms with Crippen molar-refractivity contribution in [1.82, 2.24) is 4.31 Å². The maximum atomic E-state index is 12.1. The van der Waals surface area contributed by atoms with E-state index in [0.717, 1.165) is 4.31 Å². The second kappa shape index (κ2) is 5.97. The molecule has 5 nitrogen and oxygen atoms in total. The maximum Gasteiger partial charge on any atom is 0.321 e. The van der Waals surface area contributed by atoms with Crippen LogP contribution in [-0.2, 0) is 20.6 Å². The first-order valence-corrected chi connectivity index (χ1v) is 7.22. The van der Waals surface area contributed by atoms with Crippen molar-refractivity contribution in [1.29, 1.82) is 0 Å². The van der Waals surface area contributed by atoms with Gasteiger partial charge < -0.3 is 5.11 Å². The second-order valence-corrected chi connectivity index (χ2v) is 6.05. The number of aliphatic carboxylic acids is 1. The average molecular weight is 271 g/mol. The van der Waals surface area contributed by atoms with Gasteiger partial charge in [-0.25, -0.2) is 8.42 Å². The zero-order valence-corrected chi connectivity index (χ0v) is 11.2. The van der Waals surface area contributed by atoms with E-state index in [1.807, 2.05) is 0 Å². The predicted molar refractivity (Wildman–Crippen MR) is 68.5 cm³/mol. The summed E-state index contributed by atoms with van der Waals surface area (Å²) in [6.07, 6.45) is 0.236. The molecular formula is C12H17NO4S. The molecule has 0 spiro atoms. The van der Waals surface area contributed by atoms with Crippen LogP contribution in [0.15, 0.2) is 30.3 Å². The first-order chi connectivity index (χ1) is 8.38. The van der Waals surface area contributed by atoms with Crippen LogP contribution in [0.5, 0.6) is 0 Å². The third-order valence-electron chi connectivity index (χ3n) is 2.74. The van der Waals surface area contributed by atoms with Crippen molar-refractivity contribution >= 4 is 16.0 Å². The van der Waals surface area contributed by atoms with Crippen LogP contribution in [0.1, 0.15) is 18.9 Å². The molecule has 100 valence electrons. The number of hydrogen-bond acceptors (Lipinski definition) is 3. The Labute approximate surface area is 107 Å². The monoisotopic (exact) mass is 271 g/mol. The summed E-state index contributed by atoms with van der Waals surface area (Å²) in [5, 5.41) is 8.97. The largest absolute Gasteiger partial charge is 0.480 e. The molecule has 6 heteroatoms. The quantitative estimate of drug-likeness (QED) is 0.846. The molecule has 1 N–H and O–H groups in total. The molecule has 0 aromatic heterocycles. The van der Waals surface area contributed by atoms with E-state index in [4.69, 9.17) is 5.11 Å². The maximum absolute atomic E-state index is 12.1. The van der Waals surface area contributed by atoms with Gasteiger partial charge in [0.05, 0.1) is 5.75 Å². The number of likely N-dealkylation sites (N-methyl/N-ethyl adjacent to an activating group) is 1. The van der Waals surface area contributed by atoms with Crippen LogP contribution in [-0.4, -0.2) is 36.9 Å². The molecule has 18 heavy (non-hydrogen) atoms. The van der Waals surface area contributed by atoms with Gasteiger partial charge in [0.15, 0.2) is 0 Å². The van der Waals surface area contributed by atoms with E-state index in [1.54, 1.807) is 37.3 Å². The van der Waals surface area contributed by atoms with Gasteiger partial charge in [-0.1, -0.05) is 37.3 Å². The lowest BCUT2D eigenvalue weighted by Gasteiger charge is -2.23. The number of carboxylic acid groups (broad SMARTS) is 1. The molecular weight excluding hydrogens is 254 g/mol. The van der Waals surface area contributed by atoms with Gasteiger partial charge in [-0.3, -0.25) is 4.79 Å². The lowest BCUT2D eigenvalue weighted by atomic mass is 10.2. The van der Waals surface area contributed by atoms with E-state index in [0.29, 0.717) is 5.56 Å². The first-order valence-electron chi connectivity index (χ1n) is 5.61. The van der Waals surface area contributed by atoms with E-state index < -0.39 is 22.0 Å². The highest BCUT2D eigenvalue weighted by Crippen LogP contribution is 2.14. The van der Waals surface area contributed by atoms with Crippen LogP contribution in [0.3, 0.4) is 0 Å². The minimum absolute atomic E-state index is 0.186. The van der Waals surface area contributed by atoms with Crippen molar-refractivity contribution in [3.8, 4) is 0 Å². The molecule has 0 radical (unpaired) electrons. The van der Waals surface area contributed by atoms with E-state index in [9.17, 15) is 13.2 Å². The molecule has 0 aliphatic rings. The zero-order valence-electron chi connectivity index (χ0n) is 10.4. The Morgan fingerprint density at radius 3 is 2.33 bits per heavy atom. The van der Waals surface area contributed by atoms with E-state index in [-0.39, 0.29) is 12.2 Å². The zero-order chi connectivity index (χ0) is 13.8. The van der Waals surface area contributed by atoms with Crippen molar-refractivity contribution in [2.24, 2.45) is 0 Å². The van der Waals surface area contributed by atoms with Gasteiger partial charge in [-0.05, 0) is 12.0 Å². The summed E-state index contributed by atoms with van der Waals surface area (Å²) >= 11 is 0. The predicted octanol–water partition coefficient (Wildman–Crippen LogP) is 1.31. The van der Waals surface area contributed by atoms with Crippen LogP contribution >= 0.6 is 0 Å². The molecule has 0 amide bonds. The normalized spacial score (nSPS) is 13.5. The third kappa shape index (κ3) is 3.54. The molecule has 1 unspecified atom stereocenters. The van der Waals surface area contributed by atoms with Gasteiger partial charge in [0.25, 0.3) is 0 Å². The number of hydrogen-bond donors (Lipinski definition) is 1. The van der Waals surface area contributed by atoms with Gasteiger partial charge in [0.1, 0.15) is 6.04 Å². The molecule has 0 saturated carbocycles. The van der Waals surface area contributed by atoms with Crippen LogP contribution in [0.4, 0.5) is 0 Å². The van der Waals surface area contributed by atoms with Gasteiger partial charge in [-0.15, -0.1) is 0 Å². The first kappa shape index (κ1) is 14.7. The van der Waals surface area contributed by atoms with Crippen LogP contribution in [0, 0.1) is 0 Å². The number of carbonyl (C=O) groups is 1. The molecule has 1 aromatic rings. The third-order valence-corrected chi connectivity index (χ3v) is 4.57. The number of nitrogens with zero attached hydrogens (tertiary/aromatic N) is 1. The number of rotatable bonds is 6. The molecule has 0 heterocycles. The average Bonchev–Trinajstić information content (AvgIpc) is 2.30. The summed E-state index contributed by atoms with van der Waals surface area (Å²) in [6.45, 7) is 1.65. The fourth-order valence-corrected chi connectivity index (χ4v) is 3.11. The fraction of sp³-hybridized carbons (Fsp3) is 0.417. The Hall–Kier alpha value is -1.40. The fourth-order valence-electron chi connectivity index (χ4n) is 1.67. The molecule has 1 aromatic carbocycles. The number of benzene rings is 1. The highest BCUT2D eigenvalue weighted by atomic mass is 32.2. The topological polar surface area (TPSA) is 74.7 Å². The molecule has 0 fully saturated rings. The van der Waals surface area contributed by atoms with Crippen molar-refractivity contribution in [2.75, 3.05) is 7.05 Å². The van der Waals surface area contributed by atoms with Gasteiger partial charge >= 0.3 is 5.97 Å². The summed E-state index contributed by atoms with van der Waals surface area (Å²) in [4.78, 5) is 11.0. The highest BCUT2D eigenvalue weighted by Gasteiger charge is 2.30. The smallest absolute Gasteiger partial charge is 0.321 e. The Morgan fingerprint density at radius 1 is 1.33 bits per heavy atom. The standard InChI is InChI=1S/C12H17NO4S/c1-3-11(12(14)15)13(2)18(16,17)9-10-7-5-4-6-8-10/h4-8,11H,3,9H2,1-2H3,(H,14,15). The lowest BCUT2D eigenvalue weighted by Crippen LogP contribution is -2.42. The molecule has 0 saturated heterocycles. The Kier molecular flexibility index (Phi) is 4.86. The van der Waals surface area contributed by atoms with E-state index in [1.165, 1.54) is 7.05 Å². The summed E-state index contributed by atoms with van der Waals surface area (Å²) < 4.78 is 25.1. The van der Waals surface area contributed by atoms with Crippen molar-refractivity contribution < 1.29 is 18.3 Å². The van der Waals surface area contributed by atoms with Crippen molar-refractivity contribution in [3.05, 3.63) is 35.9 Å². The highest BCUT2D eigenvalue weighted by molar-refractivity contribution is 7.88. The SMILES string of the molecule is CCC(C(=O)O)N(C)S(=O)(=O)Cc1ccccc1. The van der Waals surface area contributed by atoms with Crippen LogP contribution < -0.4 is 0 Å². The summed E-state index contributed by atoms with van der Waals surface area (Å²) in [5.41, 5.74) is 0.643. The molecule has 0 aliphatic heterocycles. The van der Waals surface area contributed by atoms with Gasteiger partial charge in [-0.2, -0.15) is 4.31 Å². The Bertz CT molecular complexity index is 498. The van der Waals surface area contributed by atoms with Gasteiger partial charge in [0, 0.05) is 7.05 Å². The number of carboxylic acids is 1. The minimum atomic E-state index is -3.62. The minimum Gasteiger partial charge on any atom is -0.480 e. The van der Waals surface area contributed by atoms with Crippen molar-refractivity contribution in [2.45, 2.75) is 25.1 Å². The van der Waals surface area contributed by atoms with Crippen LogP contribution in [0.25, 0.3) is 0 Å². The number of sulfonamides is 1. The summed E-state index contributed by atoms with van der Waals surface area (Å²) in [7, 11) is -2.31. The Morgan fingerprint density at radius 2 is 1.89 bits per heavy atom. The summed E-state index contributed by atoms with van der Waals surface area (Å²) in [5.74, 6) is -1.31. The van der Waals surface area contributed by atoms with Crippen LogP contribution in [0.2, 0.25) is 0 Å². The second-order valence-electron chi connectivity index (χ2n) is 4.02.